The summed E-state index contributed by atoms with van der Waals surface area (Å²) in [7, 11) is 5.51. The van der Waals surface area contributed by atoms with Crippen LogP contribution >= 0.6 is 0 Å². The van der Waals surface area contributed by atoms with E-state index in [1.54, 1.807) is 0 Å². The van der Waals surface area contributed by atoms with Crippen molar-refractivity contribution in [3.05, 3.63) is 85.1 Å². The Morgan fingerprint density at radius 2 is 0.875 bits per heavy atom. The monoisotopic (exact) mass is 895 g/mol. The molecule has 2 atom stereocenters. The summed E-state index contributed by atoms with van der Waals surface area (Å²) in [4.78, 5) is 37.2. The highest BCUT2D eigenvalue weighted by Crippen LogP contribution is 2.14. The van der Waals surface area contributed by atoms with E-state index in [1.807, 2.05) is 21.1 Å². The number of carbonyl (C=O) groups is 3. The summed E-state index contributed by atoms with van der Waals surface area (Å²) in [5.41, 5.74) is 0. The van der Waals surface area contributed by atoms with Crippen molar-refractivity contribution in [1.82, 2.24) is 0 Å². The highest BCUT2D eigenvalue weighted by atomic mass is 16.6. The number of hydrogen-bond acceptors (Lipinski definition) is 6. The van der Waals surface area contributed by atoms with Crippen LogP contribution in [0.15, 0.2) is 85.1 Å². The molecule has 0 aromatic heterocycles. The number of rotatable bonds is 45. The summed E-state index contributed by atoms with van der Waals surface area (Å²) in [6, 6.07) is -0.628. The molecule has 0 aromatic carbocycles. The molecule has 0 fully saturated rings. The minimum absolute atomic E-state index is 0.0378. The lowest BCUT2D eigenvalue weighted by atomic mass is 10.1. The van der Waals surface area contributed by atoms with Crippen molar-refractivity contribution in [2.75, 3.05) is 41.0 Å². The third kappa shape index (κ3) is 43.7. The maximum absolute atomic E-state index is 12.8. The van der Waals surface area contributed by atoms with Gasteiger partial charge in [-0.05, 0) is 89.9 Å². The molecule has 0 aliphatic heterocycles. The topological polar surface area (TPSA) is 99.1 Å². The first-order chi connectivity index (χ1) is 31.1. The largest absolute Gasteiger partial charge is 0.477 e. The smallest absolute Gasteiger partial charge is 0.362 e. The number of esters is 2. The number of aliphatic carboxylic acids is 1. The summed E-state index contributed by atoms with van der Waals surface area (Å²) in [5.74, 6) is -1.53. The van der Waals surface area contributed by atoms with Crippen LogP contribution in [0.25, 0.3) is 0 Å². The molecule has 64 heavy (non-hydrogen) atoms. The quantitative estimate of drug-likeness (QED) is 0.0281. The van der Waals surface area contributed by atoms with Gasteiger partial charge in [0.1, 0.15) is 6.61 Å². The number of quaternary nitrogens is 1. The zero-order valence-electron chi connectivity index (χ0n) is 41.7. The summed E-state index contributed by atoms with van der Waals surface area (Å²) < 4.78 is 17.3. The van der Waals surface area contributed by atoms with Crippen molar-refractivity contribution < 1.29 is 38.2 Å². The molecule has 0 heterocycles. The first kappa shape index (κ1) is 60.5. The first-order valence-corrected chi connectivity index (χ1v) is 25.6. The van der Waals surface area contributed by atoms with Crippen LogP contribution in [0, 0.1) is 0 Å². The molecular weight excluding hydrogens is 799 g/mol. The van der Waals surface area contributed by atoms with Gasteiger partial charge in [-0.25, -0.2) is 4.79 Å². The Morgan fingerprint density at radius 3 is 1.34 bits per heavy atom. The molecule has 0 radical (unpaired) electrons. The predicted molar refractivity (Wildman–Crippen MR) is 270 cm³/mol. The highest BCUT2D eigenvalue weighted by molar-refractivity contribution is 5.72. The number of unbranched alkanes of at least 4 members (excludes halogenated alkanes) is 17. The highest BCUT2D eigenvalue weighted by Gasteiger charge is 2.31. The molecule has 8 nitrogen and oxygen atoms in total. The van der Waals surface area contributed by atoms with Gasteiger partial charge in [-0.3, -0.25) is 9.59 Å². The molecule has 366 valence electrons. The van der Waals surface area contributed by atoms with Gasteiger partial charge in [0, 0.05) is 19.3 Å². The van der Waals surface area contributed by atoms with E-state index >= 15 is 0 Å². The van der Waals surface area contributed by atoms with Crippen molar-refractivity contribution in [2.45, 2.75) is 212 Å². The van der Waals surface area contributed by atoms with Crippen LogP contribution in [0.3, 0.4) is 0 Å². The van der Waals surface area contributed by atoms with Gasteiger partial charge in [0.2, 0.25) is 0 Å². The number of hydrogen-bond donors (Lipinski definition) is 1. The molecule has 0 spiro atoms. The normalized spacial score (nSPS) is 13.6. The standard InChI is InChI=1S/C56H95NO7/c1-6-8-10-12-14-16-18-20-22-24-26-27-29-31-33-35-37-39-41-43-45-47-55(59)64-52(50-62-49-48-53(56(60)61)57(3,4)5)51-63-54(58)46-44-42-40-38-36-34-32-30-28-25-23-21-19-17-15-13-11-9-7-2/h8,10,14,16,20,22,25-28,31,33,37,39,52-53H,6-7,9,11-13,15,17-19,21,23-24,29-30,32,34-36,38,40-51H2,1-5H3/p+1/b10-8+,16-14+,22-20+,27-26+,28-25+,33-31+,39-37+. The van der Waals surface area contributed by atoms with Gasteiger partial charge in [0.15, 0.2) is 12.1 Å². The van der Waals surface area contributed by atoms with Crippen LogP contribution in [0.1, 0.15) is 200 Å². The van der Waals surface area contributed by atoms with Crippen LogP contribution in [0.5, 0.6) is 0 Å². The number of carboxylic acids is 1. The molecule has 0 aliphatic rings. The van der Waals surface area contributed by atoms with Crippen molar-refractivity contribution in [3.8, 4) is 0 Å². The first-order valence-electron chi connectivity index (χ1n) is 25.6. The average molecular weight is 895 g/mol. The van der Waals surface area contributed by atoms with Gasteiger partial charge < -0.3 is 23.8 Å². The minimum atomic E-state index is -0.885. The molecule has 0 saturated carbocycles. The van der Waals surface area contributed by atoms with Crippen molar-refractivity contribution in [2.24, 2.45) is 0 Å². The van der Waals surface area contributed by atoms with Gasteiger partial charge in [-0.1, -0.05) is 176 Å². The molecule has 0 aliphatic carbocycles. The molecular formula is C56H96NO7+. The molecule has 2 unspecified atom stereocenters. The second-order valence-electron chi connectivity index (χ2n) is 18.0. The van der Waals surface area contributed by atoms with Crippen molar-refractivity contribution >= 4 is 17.9 Å². The summed E-state index contributed by atoms with van der Waals surface area (Å²) in [6.45, 7) is 4.57. The summed E-state index contributed by atoms with van der Waals surface area (Å²) in [5, 5.41) is 9.65. The van der Waals surface area contributed by atoms with E-state index < -0.39 is 18.1 Å². The van der Waals surface area contributed by atoms with Gasteiger partial charge in [-0.15, -0.1) is 0 Å². The molecule has 0 saturated heterocycles. The lowest BCUT2D eigenvalue weighted by molar-refractivity contribution is -0.887. The lowest BCUT2D eigenvalue weighted by Gasteiger charge is -2.31. The van der Waals surface area contributed by atoms with E-state index in [1.165, 1.54) is 89.9 Å². The third-order valence-electron chi connectivity index (χ3n) is 11.0. The zero-order chi connectivity index (χ0) is 47.0. The van der Waals surface area contributed by atoms with Crippen LogP contribution < -0.4 is 0 Å². The fourth-order valence-corrected chi connectivity index (χ4v) is 7.09. The molecule has 0 bridgehead atoms. The number of carbonyl (C=O) groups excluding carboxylic acids is 2. The number of ether oxygens (including phenoxy) is 3. The van der Waals surface area contributed by atoms with E-state index in [9.17, 15) is 19.5 Å². The van der Waals surface area contributed by atoms with Crippen LogP contribution in [0.4, 0.5) is 0 Å². The van der Waals surface area contributed by atoms with Gasteiger partial charge in [-0.2, -0.15) is 0 Å². The maximum Gasteiger partial charge on any atom is 0.362 e. The molecule has 8 heteroatoms. The Hall–Kier alpha value is -3.49. The van der Waals surface area contributed by atoms with Gasteiger partial charge in [0.05, 0.1) is 34.4 Å². The molecule has 1 N–H and O–H groups in total. The fourth-order valence-electron chi connectivity index (χ4n) is 7.09. The minimum Gasteiger partial charge on any atom is -0.477 e. The van der Waals surface area contributed by atoms with Gasteiger partial charge >= 0.3 is 17.9 Å². The SMILES string of the molecule is CC/C=C/C/C=C/C/C=C/C/C=C/C/C=C/C/C=C/CCCCC(=O)OC(COCCC(C(=O)O)[N+](C)(C)C)COC(=O)CCCCCCCCC/C=C/CCCCCCCCCC. The van der Waals surface area contributed by atoms with E-state index in [0.29, 0.717) is 19.3 Å². The third-order valence-corrected chi connectivity index (χ3v) is 11.0. The van der Waals surface area contributed by atoms with E-state index in [0.717, 1.165) is 70.6 Å². The maximum atomic E-state index is 12.8. The Labute approximate surface area is 393 Å². The Kier molecular flexibility index (Phi) is 43.5. The van der Waals surface area contributed by atoms with Gasteiger partial charge in [0.25, 0.3) is 0 Å². The second kappa shape index (κ2) is 46.1. The second-order valence-corrected chi connectivity index (χ2v) is 18.0. The Morgan fingerprint density at radius 1 is 0.484 bits per heavy atom. The lowest BCUT2D eigenvalue weighted by Crippen LogP contribution is -2.50. The summed E-state index contributed by atoms with van der Waals surface area (Å²) in [6.07, 6.45) is 60.6. The average Bonchev–Trinajstić information content (AvgIpc) is 3.26. The van der Waals surface area contributed by atoms with E-state index in [-0.39, 0.29) is 42.7 Å². The molecule has 0 amide bonds. The van der Waals surface area contributed by atoms with E-state index in [2.05, 4.69) is 98.9 Å². The van der Waals surface area contributed by atoms with E-state index in [4.69, 9.17) is 14.2 Å². The molecule has 0 rings (SSSR count). The summed E-state index contributed by atoms with van der Waals surface area (Å²) >= 11 is 0. The van der Waals surface area contributed by atoms with Crippen LogP contribution in [-0.2, 0) is 28.6 Å². The Bertz CT molecular complexity index is 1320. The zero-order valence-corrected chi connectivity index (χ0v) is 41.7. The Balaban J connectivity index is 4.36. The van der Waals surface area contributed by atoms with Crippen LogP contribution in [-0.4, -0.2) is 80.6 Å². The number of nitrogens with zero attached hydrogens (tertiary/aromatic N) is 1. The number of carboxylic acid groups (broad SMARTS) is 1. The van der Waals surface area contributed by atoms with Crippen LogP contribution in [0.2, 0.25) is 0 Å². The molecule has 0 aromatic rings. The van der Waals surface area contributed by atoms with Crippen molar-refractivity contribution in [1.29, 1.82) is 0 Å². The predicted octanol–water partition coefficient (Wildman–Crippen LogP) is 14.9. The number of likely N-dealkylation sites (N-methyl/N-ethyl adjacent to an activating group) is 1. The fraction of sp³-hybridized carbons (Fsp3) is 0.696. The van der Waals surface area contributed by atoms with Crippen molar-refractivity contribution in [3.63, 3.8) is 0 Å². The number of allylic oxidation sites excluding steroid dienone is 14.